The van der Waals surface area contributed by atoms with E-state index in [0.29, 0.717) is 10.6 Å². The molecule has 0 radical (unpaired) electrons. The second kappa shape index (κ2) is 8.26. The van der Waals surface area contributed by atoms with E-state index in [1.807, 2.05) is 0 Å². The van der Waals surface area contributed by atoms with Crippen LogP contribution in [0, 0.1) is 6.92 Å². The van der Waals surface area contributed by atoms with Crippen LogP contribution in [0.15, 0.2) is 41.4 Å². The van der Waals surface area contributed by atoms with Crippen LogP contribution in [0.2, 0.25) is 5.02 Å². The number of hydrogen-bond acceptors (Lipinski definition) is 6. The van der Waals surface area contributed by atoms with Crippen LogP contribution in [0.1, 0.15) is 16.1 Å². The van der Waals surface area contributed by atoms with Crippen molar-refractivity contribution in [2.75, 3.05) is 19.0 Å². The minimum absolute atomic E-state index is 0.0250. The van der Waals surface area contributed by atoms with Crippen LogP contribution < -0.4 is 10.0 Å². The maximum Gasteiger partial charge on any atom is 0.357 e. The number of nitrogens with zero attached hydrogens (tertiary/aromatic N) is 1. The number of pyridine rings is 1. The van der Waals surface area contributed by atoms with Gasteiger partial charge in [0.15, 0.2) is 6.61 Å². The molecule has 0 aliphatic heterocycles. The van der Waals surface area contributed by atoms with Crippen molar-refractivity contribution >= 4 is 39.2 Å². The van der Waals surface area contributed by atoms with Crippen LogP contribution in [0.3, 0.4) is 0 Å². The maximum atomic E-state index is 11.9. The summed E-state index contributed by atoms with van der Waals surface area (Å²) in [5.74, 6) is -1.43. The third-order valence-corrected chi connectivity index (χ3v) is 5.09. The molecule has 2 N–H and O–H groups in total. The maximum absolute atomic E-state index is 11.9. The first kappa shape index (κ1) is 19.8. The van der Waals surface area contributed by atoms with Gasteiger partial charge in [0.25, 0.3) is 5.91 Å². The molecule has 8 nitrogen and oxygen atoms in total. The molecule has 2 rings (SSSR count). The van der Waals surface area contributed by atoms with Crippen LogP contribution >= 0.6 is 11.6 Å². The molecule has 0 aliphatic rings. The molecule has 0 saturated carbocycles. The van der Waals surface area contributed by atoms with Crippen molar-refractivity contribution in [3.05, 3.63) is 52.8 Å². The summed E-state index contributed by atoms with van der Waals surface area (Å²) in [4.78, 5) is 27.6. The molecule has 0 aliphatic carbocycles. The third-order valence-electron chi connectivity index (χ3n) is 3.30. The van der Waals surface area contributed by atoms with Crippen LogP contribution in [0.5, 0.6) is 0 Å². The number of rotatable bonds is 6. The predicted octanol–water partition coefficient (Wildman–Crippen LogP) is 1.75. The lowest BCUT2D eigenvalue weighted by molar-refractivity contribution is -0.119. The number of sulfonamides is 1. The van der Waals surface area contributed by atoms with Crippen molar-refractivity contribution in [2.24, 2.45) is 0 Å². The van der Waals surface area contributed by atoms with E-state index in [9.17, 15) is 18.0 Å². The summed E-state index contributed by atoms with van der Waals surface area (Å²) in [6, 6.07) is 7.24. The number of carbonyl (C=O) groups is 2. The van der Waals surface area contributed by atoms with Gasteiger partial charge in [-0.1, -0.05) is 17.7 Å². The van der Waals surface area contributed by atoms with Crippen LogP contribution in [0.4, 0.5) is 5.69 Å². The smallest absolute Gasteiger partial charge is 0.357 e. The summed E-state index contributed by atoms with van der Waals surface area (Å²) in [7, 11) is -2.37. The van der Waals surface area contributed by atoms with Crippen molar-refractivity contribution in [1.29, 1.82) is 0 Å². The first-order valence-corrected chi connectivity index (χ1v) is 9.22. The zero-order chi connectivity index (χ0) is 19.3. The molecule has 10 heteroatoms. The number of halogens is 1. The summed E-state index contributed by atoms with van der Waals surface area (Å²) >= 11 is 5.75. The quantitative estimate of drug-likeness (QED) is 0.717. The number of benzene rings is 1. The summed E-state index contributed by atoms with van der Waals surface area (Å²) in [6.45, 7) is 1.07. The Balaban J connectivity index is 2.02. The van der Waals surface area contributed by atoms with Gasteiger partial charge in [-0.3, -0.25) is 4.79 Å². The Morgan fingerprint density at radius 1 is 1.23 bits per heavy atom. The van der Waals surface area contributed by atoms with Crippen molar-refractivity contribution < 1.29 is 22.7 Å². The number of hydrogen-bond donors (Lipinski definition) is 2. The highest BCUT2D eigenvalue weighted by Crippen LogP contribution is 2.20. The van der Waals surface area contributed by atoms with E-state index in [0.717, 1.165) is 0 Å². The summed E-state index contributed by atoms with van der Waals surface area (Å²) in [5, 5.41) is 2.78. The van der Waals surface area contributed by atoms with Gasteiger partial charge in [0.05, 0.1) is 4.90 Å². The van der Waals surface area contributed by atoms with E-state index in [2.05, 4.69) is 15.0 Å². The molecule has 0 bridgehead atoms. The summed E-state index contributed by atoms with van der Waals surface area (Å²) < 4.78 is 31.0. The monoisotopic (exact) mass is 397 g/mol. The fraction of sp³-hybridized carbons (Fsp3) is 0.188. The van der Waals surface area contributed by atoms with Gasteiger partial charge >= 0.3 is 5.97 Å². The van der Waals surface area contributed by atoms with Gasteiger partial charge in [-0.05, 0) is 43.8 Å². The second-order valence-electron chi connectivity index (χ2n) is 5.17. The summed E-state index contributed by atoms with van der Waals surface area (Å²) in [6.07, 6.45) is 1.34. The molecule has 1 aromatic heterocycles. The molecule has 0 spiro atoms. The predicted molar refractivity (Wildman–Crippen MR) is 95.6 cm³/mol. The molecular formula is C16H16ClN3O5S. The van der Waals surface area contributed by atoms with E-state index in [-0.39, 0.29) is 16.3 Å². The molecule has 1 heterocycles. The fourth-order valence-corrected chi connectivity index (χ4v) is 3.15. The standard InChI is InChI=1S/C16H16ClN3O5S/c1-10-3-4-12(8-14(10)26(23,24)18-2)20-15(21)9-25-16(22)13-7-11(17)5-6-19-13/h3-8,18H,9H2,1-2H3,(H,20,21). The molecular weight excluding hydrogens is 382 g/mol. The van der Waals surface area contributed by atoms with Crippen molar-refractivity contribution in [2.45, 2.75) is 11.8 Å². The van der Waals surface area contributed by atoms with Crippen LogP contribution in [-0.2, 0) is 19.6 Å². The van der Waals surface area contributed by atoms with E-state index < -0.39 is 28.5 Å². The van der Waals surface area contributed by atoms with Crippen molar-refractivity contribution in [3.8, 4) is 0 Å². The van der Waals surface area contributed by atoms with E-state index in [1.54, 1.807) is 19.1 Å². The molecule has 0 atom stereocenters. The molecule has 0 fully saturated rings. The number of anilines is 1. The zero-order valence-corrected chi connectivity index (χ0v) is 15.5. The SMILES string of the molecule is CNS(=O)(=O)c1cc(NC(=O)COC(=O)c2cc(Cl)ccn2)ccc1C. The highest BCUT2D eigenvalue weighted by Gasteiger charge is 2.16. The minimum Gasteiger partial charge on any atom is -0.451 e. The van der Waals surface area contributed by atoms with Crippen LogP contribution in [0.25, 0.3) is 0 Å². The number of nitrogens with one attached hydrogen (secondary N) is 2. The number of aryl methyl sites for hydroxylation is 1. The largest absolute Gasteiger partial charge is 0.451 e. The first-order valence-electron chi connectivity index (χ1n) is 7.35. The second-order valence-corrected chi connectivity index (χ2v) is 7.46. The average Bonchev–Trinajstić information content (AvgIpc) is 2.61. The molecule has 0 unspecified atom stereocenters. The van der Waals surface area contributed by atoms with Crippen molar-refractivity contribution in [1.82, 2.24) is 9.71 Å². The molecule has 1 aromatic carbocycles. The Hall–Kier alpha value is -2.49. The lowest BCUT2D eigenvalue weighted by Gasteiger charge is -2.10. The lowest BCUT2D eigenvalue weighted by Crippen LogP contribution is -2.22. The van der Waals surface area contributed by atoms with Gasteiger partial charge in [-0.15, -0.1) is 0 Å². The van der Waals surface area contributed by atoms with Gasteiger partial charge in [0, 0.05) is 16.9 Å². The number of carbonyl (C=O) groups excluding carboxylic acids is 2. The average molecular weight is 398 g/mol. The first-order chi connectivity index (χ1) is 12.2. The third kappa shape index (κ3) is 5.01. The molecule has 2 aromatic rings. The molecule has 0 saturated heterocycles. The highest BCUT2D eigenvalue weighted by atomic mass is 35.5. The Labute approximate surface area is 155 Å². The number of amides is 1. The molecule has 1 amide bonds. The van der Waals surface area contributed by atoms with Crippen molar-refractivity contribution in [3.63, 3.8) is 0 Å². The Kier molecular flexibility index (Phi) is 6.30. The van der Waals surface area contributed by atoms with Gasteiger partial charge in [-0.2, -0.15) is 0 Å². The molecule has 138 valence electrons. The minimum atomic E-state index is -3.66. The highest BCUT2D eigenvalue weighted by molar-refractivity contribution is 7.89. The summed E-state index contributed by atoms with van der Waals surface area (Å²) in [5.41, 5.74) is 0.755. The van der Waals surface area contributed by atoms with Crippen LogP contribution in [-0.4, -0.2) is 38.9 Å². The Morgan fingerprint density at radius 2 is 1.96 bits per heavy atom. The number of aromatic nitrogens is 1. The van der Waals surface area contributed by atoms with Gasteiger partial charge < -0.3 is 10.1 Å². The normalized spacial score (nSPS) is 11.0. The number of ether oxygens (including phenoxy) is 1. The van der Waals surface area contributed by atoms with E-state index in [4.69, 9.17) is 16.3 Å². The fourth-order valence-electron chi connectivity index (χ4n) is 2.00. The lowest BCUT2D eigenvalue weighted by atomic mass is 10.2. The molecule has 26 heavy (non-hydrogen) atoms. The van der Waals surface area contributed by atoms with E-state index >= 15 is 0 Å². The van der Waals surface area contributed by atoms with Gasteiger partial charge in [0.1, 0.15) is 5.69 Å². The Bertz CT molecular complexity index is 947. The number of esters is 1. The zero-order valence-electron chi connectivity index (χ0n) is 13.9. The topological polar surface area (TPSA) is 114 Å². The Morgan fingerprint density at radius 3 is 2.62 bits per heavy atom. The van der Waals surface area contributed by atoms with Gasteiger partial charge in [-0.25, -0.2) is 22.9 Å². The van der Waals surface area contributed by atoms with Gasteiger partial charge in [0.2, 0.25) is 10.0 Å². The van der Waals surface area contributed by atoms with E-state index in [1.165, 1.54) is 31.4 Å².